The molecule has 1 aliphatic heterocycles. The van der Waals surface area contributed by atoms with E-state index in [1.165, 1.54) is 7.11 Å². The zero-order valence-corrected chi connectivity index (χ0v) is 12.7. The van der Waals surface area contributed by atoms with E-state index in [0.717, 1.165) is 11.5 Å². The van der Waals surface area contributed by atoms with Gasteiger partial charge in [0, 0.05) is 13.1 Å². The highest BCUT2D eigenvalue weighted by molar-refractivity contribution is 7.11. The maximum absolute atomic E-state index is 12.3. The van der Waals surface area contributed by atoms with Gasteiger partial charge in [0.05, 0.1) is 20.3 Å². The summed E-state index contributed by atoms with van der Waals surface area (Å²) in [5, 5.41) is 3.43. The van der Waals surface area contributed by atoms with Crippen LogP contribution in [0.2, 0.25) is 0 Å². The number of nitrogens with one attached hydrogen (secondary N) is 1. The number of nitrogens with zero attached hydrogens (tertiary/aromatic N) is 2. The lowest BCUT2D eigenvalue weighted by atomic mass is 10.2. The number of methoxy groups -OCH3 is 1. The number of amides is 1. The van der Waals surface area contributed by atoms with Crippen molar-refractivity contribution in [2.45, 2.75) is 13.0 Å². The molecule has 2 heterocycles. The van der Waals surface area contributed by atoms with Crippen LogP contribution in [0.15, 0.2) is 0 Å². The SMILES string of the molecule is COC(=O)c1c(N)nsc1NC(C)C(=O)N1CCOCC1. The number of nitrogens with two attached hydrogens (primary N) is 1. The van der Waals surface area contributed by atoms with E-state index < -0.39 is 12.0 Å². The summed E-state index contributed by atoms with van der Waals surface area (Å²) >= 11 is 1.03. The minimum atomic E-state index is -0.574. The van der Waals surface area contributed by atoms with Crippen LogP contribution in [-0.2, 0) is 14.3 Å². The van der Waals surface area contributed by atoms with Crippen LogP contribution < -0.4 is 11.1 Å². The van der Waals surface area contributed by atoms with E-state index in [9.17, 15) is 9.59 Å². The van der Waals surface area contributed by atoms with Crippen LogP contribution in [0.4, 0.5) is 10.8 Å². The fourth-order valence-corrected chi connectivity index (χ4v) is 2.81. The molecule has 9 heteroatoms. The molecule has 0 bridgehead atoms. The second-order valence-electron chi connectivity index (χ2n) is 4.57. The Labute approximate surface area is 126 Å². The van der Waals surface area contributed by atoms with Crippen LogP contribution in [0, 0.1) is 0 Å². The maximum atomic E-state index is 12.3. The Morgan fingerprint density at radius 3 is 2.76 bits per heavy atom. The molecule has 0 aliphatic carbocycles. The number of nitrogen functional groups attached to an aromatic ring is 1. The molecule has 1 saturated heterocycles. The molecular weight excluding hydrogens is 296 g/mol. The second kappa shape index (κ2) is 6.72. The van der Waals surface area contributed by atoms with Gasteiger partial charge in [-0.2, -0.15) is 4.37 Å². The number of hydrogen-bond acceptors (Lipinski definition) is 8. The summed E-state index contributed by atoms with van der Waals surface area (Å²) in [6, 6.07) is -0.494. The predicted molar refractivity (Wildman–Crippen MR) is 78.3 cm³/mol. The highest BCUT2D eigenvalue weighted by atomic mass is 32.1. The molecule has 2 rings (SSSR count). The van der Waals surface area contributed by atoms with Gasteiger partial charge >= 0.3 is 5.97 Å². The third kappa shape index (κ3) is 3.42. The Morgan fingerprint density at radius 1 is 1.48 bits per heavy atom. The number of carbonyl (C=O) groups excluding carboxylic acids is 2. The maximum Gasteiger partial charge on any atom is 0.344 e. The van der Waals surface area contributed by atoms with Gasteiger partial charge in [0.15, 0.2) is 5.82 Å². The van der Waals surface area contributed by atoms with E-state index in [1.54, 1.807) is 11.8 Å². The number of aromatic nitrogens is 1. The first kappa shape index (κ1) is 15.5. The highest BCUT2D eigenvalue weighted by Crippen LogP contribution is 2.28. The lowest BCUT2D eigenvalue weighted by Gasteiger charge is -2.29. The van der Waals surface area contributed by atoms with E-state index in [1.807, 2.05) is 0 Å². The van der Waals surface area contributed by atoms with E-state index >= 15 is 0 Å². The van der Waals surface area contributed by atoms with Gasteiger partial charge in [-0.15, -0.1) is 0 Å². The van der Waals surface area contributed by atoms with Gasteiger partial charge in [-0.1, -0.05) is 0 Å². The molecule has 1 aromatic rings. The molecular formula is C12H18N4O4S. The van der Waals surface area contributed by atoms with Crippen LogP contribution in [0.3, 0.4) is 0 Å². The number of carbonyl (C=O) groups is 2. The van der Waals surface area contributed by atoms with Gasteiger partial charge < -0.3 is 25.4 Å². The van der Waals surface area contributed by atoms with Crippen molar-refractivity contribution in [3.05, 3.63) is 5.56 Å². The minimum Gasteiger partial charge on any atom is -0.465 e. The van der Waals surface area contributed by atoms with Crippen molar-refractivity contribution < 1.29 is 19.1 Å². The Hall–Kier alpha value is -1.87. The van der Waals surface area contributed by atoms with Crippen molar-refractivity contribution in [3.63, 3.8) is 0 Å². The van der Waals surface area contributed by atoms with E-state index in [0.29, 0.717) is 31.3 Å². The molecule has 1 unspecified atom stereocenters. The van der Waals surface area contributed by atoms with Gasteiger partial charge in [-0.25, -0.2) is 4.79 Å². The molecule has 0 aromatic carbocycles. The Morgan fingerprint density at radius 2 is 2.14 bits per heavy atom. The monoisotopic (exact) mass is 314 g/mol. The zero-order valence-electron chi connectivity index (χ0n) is 11.9. The molecule has 1 aliphatic rings. The second-order valence-corrected chi connectivity index (χ2v) is 5.34. The molecule has 1 amide bonds. The lowest BCUT2D eigenvalue weighted by molar-refractivity contribution is -0.135. The van der Waals surface area contributed by atoms with Crippen LogP contribution >= 0.6 is 11.5 Å². The number of ether oxygens (including phenoxy) is 2. The third-order valence-electron chi connectivity index (χ3n) is 3.15. The fraction of sp³-hybridized carbons (Fsp3) is 0.583. The average Bonchev–Trinajstić information content (AvgIpc) is 2.87. The quantitative estimate of drug-likeness (QED) is 0.763. The molecule has 116 valence electrons. The number of hydrogen-bond donors (Lipinski definition) is 2. The summed E-state index contributed by atoms with van der Waals surface area (Å²) in [6.07, 6.45) is 0. The molecule has 21 heavy (non-hydrogen) atoms. The van der Waals surface area contributed by atoms with E-state index in [4.69, 9.17) is 10.5 Å². The fourth-order valence-electron chi connectivity index (χ4n) is 2.02. The van der Waals surface area contributed by atoms with Crippen LogP contribution in [0.1, 0.15) is 17.3 Å². The van der Waals surface area contributed by atoms with Crippen molar-refractivity contribution in [2.75, 3.05) is 44.5 Å². The van der Waals surface area contributed by atoms with Crippen LogP contribution in [0.5, 0.6) is 0 Å². The minimum absolute atomic E-state index is 0.0545. The Bertz CT molecular complexity index is 527. The normalized spacial score (nSPS) is 16.4. The molecule has 1 fully saturated rings. The Balaban J connectivity index is 2.07. The average molecular weight is 314 g/mol. The van der Waals surface area contributed by atoms with Crippen molar-refractivity contribution in [3.8, 4) is 0 Å². The van der Waals surface area contributed by atoms with Crippen LogP contribution in [-0.4, -0.2) is 60.6 Å². The van der Waals surface area contributed by atoms with E-state index in [2.05, 4.69) is 14.4 Å². The summed E-state index contributed by atoms with van der Waals surface area (Å²) in [6.45, 7) is 3.95. The number of esters is 1. The first-order chi connectivity index (χ1) is 10.0. The summed E-state index contributed by atoms with van der Waals surface area (Å²) < 4.78 is 13.8. The standard InChI is InChI=1S/C12H18N4O4S/c1-7(11(17)16-3-5-20-6-4-16)14-10-8(12(18)19-2)9(13)15-21-10/h7,14H,3-6H2,1-2H3,(H2,13,15). The Kier molecular flexibility index (Phi) is 4.97. The number of rotatable bonds is 4. The van der Waals surface area contributed by atoms with Crippen molar-refractivity contribution >= 4 is 34.2 Å². The first-order valence-corrected chi connectivity index (χ1v) is 7.28. The summed E-state index contributed by atoms with van der Waals surface area (Å²) in [5.41, 5.74) is 5.83. The highest BCUT2D eigenvalue weighted by Gasteiger charge is 2.26. The first-order valence-electron chi connectivity index (χ1n) is 6.51. The molecule has 1 aromatic heterocycles. The summed E-state index contributed by atoms with van der Waals surface area (Å²) in [5.74, 6) is -0.531. The molecule has 0 radical (unpaired) electrons. The van der Waals surface area contributed by atoms with E-state index in [-0.39, 0.29) is 17.3 Å². The molecule has 3 N–H and O–H groups in total. The lowest BCUT2D eigenvalue weighted by Crippen LogP contribution is -2.47. The van der Waals surface area contributed by atoms with Gasteiger partial charge in [-0.05, 0) is 18.5 Å². The molecule has 8 nitrogen and oxygen atoms in total. The number of morpholine rings is 1. The smallest absolute Gasteiger partial charge is 0.344 e. The third-order valence-corrected chi connectivity index (χ3v) is 3.94. The molecule has 0 spiro atoms. The van der Waals surface area contributed by atoms with Gasteiger partial charge in [0.25, 0.3) is 0 Å². The zero-order chi connectivity index (χ0) is 15.4. The van der Waals surface area contributed by atoms with Gasteiger partial charge in [-0.3, -0.25) is 4.79 Å². The summed E-state index contributed by atoms with van der Waals surface area (Å²) in [4.78, 5) is 25.7. The van der Waals surface area contributed by atoms with Crippen LogP contribution in [0.25, 0.3) is 0 Å². The molecule has 0 saturated carbocycles. The summed E-state index contributed by atoms with van der Waals surface area (Å²) in [7, 11) is 1.27. The van der Waals surface area contributed by atoms with Gasteiger partial charge in [0.2, 0.25) is 5.91 Å². The van der Waals surface area contributed by atoms with Gasteiger partial charge in [0.1, 0.15) is 16.6 Å². The molecule has 1 atom stereocenters. The van der Waals surface area contributed by atoms with Crippen molar-refractivity contribution in [1.29, 1.82) is 0 Å². The predicted octanol–water partition coefficient (Wildman–Crippen LogP) is 0.171. The number of anilines is 2. The largest absolute Gasteiger partial charge is 0.465 e. The topological polar surface area (TPSA) is 107 Å². The van der Waals surface area contributed by atoms with Crippen molar-refractivity contribution in [1.82, 2.24) is 9.27 Å². The van der Waals surface area contributed by atoms with Crippen molar-refractivity contribution in [2.24, 2.45) is 0 Å².